The van der Waals surface area contributed by atoms with Crippen molar-refractivity contribution >= 4 is 37.1 Å². The van der Waals surface area contributed by atoms with Crippen molar-refractivity contribution in [2.45, 2.75) is 51.4 Å². The molecule has 0 aliphatic rings. The van der Waals surface area contributed by atoms with Crippen molar-refractivity contribution in [1.82, 2.24) is 0 Å². The fourth-order valence-corrected chi connectivity index (χ4v) is 11.1. The van der Waals surface area contributed by atoms with Crippen LogP contribution in [0.1, 0.15) is 51.4 Å². The maximum absolute atomic E-state index is 5.76. The molecular weight excluding hydrogens is 582 g/mol. The standard InChI is InChI=1S/C38H48O4P2/c1-39-31-21-11-15-25-35(31)43(36-26-16-12-22-32(36)40-2)29-19-9-7-5-6-8-10-20-30-44(37-27-17-13-23-33(37)41-3)38-28-18-14-24-34(38)42-4/h11-18,21-28H,5-10,19-20,29-30H2,1-4H3. The van der Waals surface area contributed by atoms with Crippen LogP contribution in [0.15, 0.2) is 97.1 Å². The van der Waals surface area contributed by atoms with Crippen molar-refractivity contribution in [2.24, 2.45) is 0 Å². The van der Waals surface area contributed by atoms with Gasteiger partial charge in [-0.2, -0.15) is 0 Å². The fraction of sp³-hybridized carbons (Fsp3) is 0.368. The Morgan fingerprint density at radius 1 is 0.341 bits per heavy atom. The molecule has 234 valence electrons. The first-order valence-corrected chi connectivity index (χ1v) is 18.8. The van der Waals surface area contributed by atoms with E-state index >= 15 is 0 Å². The molecule has 4 aromatic carbocycles. The van der Waals surface area contributed by atoms with Crippen LogP contribution in [-0.4, -0.2) is 40.8 Å². The topological polar surface area (TPSA) is 36.9 Å². The van der Waals surface area contributed by atoms with Crippen LogP contribution in [0, 0.1) is 0 Å². The lowest BCUT2D eigenvalue weighted by Crippen LogP contribution is -2.18. The molecule has 0 bridgehead atoms. The highest BCUT2D eigenvalue weighted by Crippen LogP contribution is 2.42. The molecule has 0 aromatic heterocycles. The third kappa shape index (κ3) is 9.23. The SMILES string of the molecule is COc1ccccc1P(CCCCCCCCCCP(c1ccccc1OC)c1ccccc1OC)c1ccccc1OC. The first-order valence-electron chi connectivity index (χ1n) is 15.8. The molecule has 0 amide bonds. The van der Waals surface area contributed by atoms with Gasteiger partial charge < -0.3 is 18.9 Å². The molecule has 0 radical (unpaired) electrons. The number of benzene rings is 4. The summed E-state index contributed by atoms with van der Waals surface area (Å²) < 4.78 is 23.1. The molecule has 4 nitrogen and oxygen atoms in total. The molecule has 0 N–H and O–H groups in total. The lowest BCUT2D eigenvalue weighted by molar-refractivity contribution is 0.417. The number of hydrogen-bond acceptors (Lipinski definition) is 4. The van der Waals surface area contributed by atoms with Gasteiger partial charge in [-0.15, -0.1) is 0 Å². The van der Waals surface area contributed by atoms with Crippen molar-refractivity contribution in [2.75, 3.05) is 40.8 Å². The molecule has 44 heavy (non-hydrogen) atoms. The van der Waals surface area contributed by atoms with Crippen LogP contribution >= 0.6 is 15.8 Å². The second-order valence-corrected chi connectivity index (χ2v) is 15.4. The highest BCUT2D eigenvalue weighted by Gasteiger charge is 2.22. The van der Waals surface area contributed by atoms with E-state index in [0.717, 1.165) is 35.3 Å². The highest BCUT2D eigenvalue weighted by atomic mass is 31.1. The van der Waals surface area contributed by atoms with Crippen LogP contribution in [0.25, 0.3) is 0 Å². The minimum absolute atomic E-state index is 0.555. The maximum Gasteiger partial charge on any atom is 0.126 e. The molecule has 0 spiro atoms. The van der Waals surface area contributed by atoms with Crippen molar-refractivity contribution in [3.8, 4) is 23.0 Å². The average Bonchev–Trinajstić information content (AvgIpc) is 3.09. The van der Waals surface area contributed by atoms with Crippen LogP contribution in [0.5, 0.6) is 23.0 Å². The molecule has 0 aliphatic heterocycles. The van der Waals surface area contributed by atoms with Crippen molar-refractivity contribution in [1.29, 1.82) is 0 Å². The zero-order chi connectivity index (χ0) is 31.0. The Labute approximate surface area is 267 Å². The molecule has 0 unspecified atom stereocenters. The van der Waals surface area contributed by atoms with Crippen molar-refractivity contribution < 1.29 is 18.9 Å². The summed E-state index contributed by atoms with van der Waals surface area (Å²) in [6.45, 7) is 0. The van der Waals surface area contributed by atoms with Gasteiger partial charge in [0.25, 0.3) is 0 Å². The van der Waals surface area contributed by atoms with E-state index in [0.29, 0.717) is 0 Å². The summed E-state index contributed by atoms with van der Waals surface area (Å²) in [5.74, 6) is 3.91. The fourth-order valence-electron chi connectivity index (χ4n) is 5.75. The van der Waals surface area contributed by atoms with Gasteiger partial charge in [-0.3, -0.25) is 0 Å². The summed E-state index contributed by atoms with van der Waals surface area (Å²) in [7, 11) is 5.97. The smallest absolute Gasteiger partial charge is 0.126 e. The van der Waals surface area contributed by atoms with Crippen LogP contribution in [0.2, 0.25) is 0 Å². The lowest BCUT2D eigenvalue weighted by Gasteiger charge is -2.23. The molecule has 4 aromatic rings. The van der Waals surface area contributed by atoms with E-state index in [-0.39, 0.29) is 0 Å². The van der Waals surface area contributed by atoms with Gasteiger partial charge in [-0.1, -0.05) is 111 Å². The molecule has 4 rings (SSSR count). The van der Waals surface area contributed by atoms with Gasteiger partial charge in [-0.25, -0.2) is 0 Å². The van der Waals surface area contributed by atoms with E-state index < -0.39 is 15.8 Å². The van der Waals surface area contributed by atoms with Crippen LogP contribution in [0.3, 0.4) is 0 Å². The van der Waals surface area contributed by atoms with Gasteiger partial charge in [0.15, 0.2) is 0 Å². The van der Waals surface area contributed by atoms with Crippen LogP contribution in [0.4, 0.5) is 0 Å². The summed E-state index contributed by atoms with van der Waals surface area (Å²) in [5.41, 5.74) is 0. The number of unbranched alkanes of at least 4 members (excludes halogenated alkanes) is 7. The van der Waals surface area contributed by atoms with Crippen molar-refractivity contribution in [3.05, 3.63) is 97.1 Å². The van der Waals surface area contributed by atoms with E-state index in [1.54, 1.807) is 28.4 Å². The highest BCUT2D eigenvalue weighted by molar-refractivity contribution is 7.73. The van der Waals surface area contributed by atoms with Crippen LogP contribution < -0.4 is 40.2 Å². The summed E-state index contributed by atoms with van der Waals surface area (Å²) in [5, 5.41) is 5.21. The Kier molecular flexibility index (Phi) is 14.4. The van der Waals surface area contributed by atoms with Gasteiger partial charge in [0.1, 0.15) is 23.0 Å². The van der Waals surface area contributed by atoms with Gasteiger partial charge in [-0.05, 0) is 65.3 Å². The molecule has 0 aliphatic carbocycles. The summed E-state index contributed by atoms with van der Waals surface area (Å²) >= 11 is 0. The predicted molar refractivity (Wildman–Crippen MR) is 191 cm³/mol. The Morgan fingerprint density at radius 2 is 0.568 bits per heavy atom. The normalized spacial score (nSPS) is 11.1. The van der Waals surface area contributed by atoms with E-state index in [1.807, 2.05) is 0 Å². The third-order valence-corrected chi connectivity index (χ3v) is 13.3. The predicted octanol–water partition coefficient (Wildman–Crippen LogP) is 8.41. The lowest BCUT2D eigenvalue weighted by atomic mass is 10.1. The van der Waals surface area contributed by atoms with Gasteiger partial charge in [0.2, 0.25) is 0 Å². The van der Waals surface area contributed by atoms with E-state index in [2.05, 4.69) is 97.1 Å². The molecule has 6 heteroatoms. The number of ether oxygens (including phenoxy) is 4. The molecule has 0 saturated carbocycles. The number of para-hydroxylation sites is 4. The van der Waals surface area contributed by atoms with E-state index in [9.17, 15) is 0 Å². The minimum Gasteiger partial charge on any atom is -0.496 e. The third-order valence-electron chi connectivity index (χ3n) is 8.02. The quantitative estimate of drug-likeness (QED) is 0.0770. The number of methoxy groups -OCH3 is 4. The molecular formula is C38H48O4P2. The molecule has 0 saturated heterocycles. The Morgan fingerprint density at radius 3 is 0.818 bits per heavy atom. The van der Waals surface area contributed by atoms with Crippen LogP contribution in [-0.2, 0) is 0 Å². The molecule has 0 fully saturated rings. The van der Waals surface area contributed by atoms with Gasteiger partial charge >= 0.3 is 0 Å². The zero-order valence-corrected chi connectivity index (χ0v) is 28.6. The monoisotopic (exact) mass is 630 g/mol. The van der Waals surface area contributed by atoms with Gasteiger partial charge in [0, 0.05) is 21.2 Å². The van der Waals surface area contributed by atoms with E-state index in [1.165, 1.54) is 72.6 Å². The molecule has 0 atom stereocenters. The Balaban J connectivity index is 1.25. The number of hydrogen-bond donors (Lipinski definition) is 0. The van der Waals surface area contributed by atoms with Gasteiger partial charge in [0.05, 0.1) is 28.4 Å². The first-order chi connectivity index (χ1) is 21.7. The average molecular weight is 631 g/mol. The minimum atomic E-state index is -0.555. The van der Waals surface area contributed by atoms with Crippen molar-refractivity contribution in [3.63, 3.8) is 0 Å². The second kappa shape index (κ2) is 18.7. The van der Waals surface area contributed by atoms with E-state index in [4.69, 9.17) is 18.9 Å². The maximum atomic E-state index is 5.76. The Bertz CT molecular complexity index is 1210. The zero-order valence-electron chi connectivity index (χ0n) is 26.8. The number of rotatable bonds is 19. The largest absolute Gasteiger partial charge is 0.496 e. The summed E-state index contributed by atoms with van der Waals surface area (Å²) in [6, 6.07) is 33.9. The summed E-state index contributed by atoms with van der Waals surface area (Å²) in [4.78, 5) is 0. The first kappa shape index (κ1) is 33.8. The summed E-state index contributed by atoms with van der Waals surface area (Å²) in [6.07, 6.45) is 12.4. The Hall–Kier alpha value is -3.06. The molecule has 0 heterocycles. The second-order valence-electron chi connectivity index (χ2n) is 10.8.